The molecule has 1 N–H and O–H groups in total. The Balaban J connectivity index is 1.45. The van der Waals surface area contributed by atoms with Crippen LogP contribution in [0.25, 0.3) is 20.9 Å². The largest absolute Gasteiger partial charge is 0.497 e. The summed E-state index contributed by atoms with van der Waals surface area (Å²) in [6, 6.07) is 16.8. The molecule has 4 rings (SSSR count). The van der Waals surface area contributed by atoms with E-state index in [-0.39, 0.29) is 5.91 Å². The number of rotatable bonds is 6. The second-order valence-electron chi connectivity index (χ2n) is 6.80. The van der Waals surface area contributed by atoms with Crippen LogP contribution in [-0.2, 0) is 4.79 Å². The Kier molecular flexibility index (Phi) is 5.63. The monoisotopic (exact) mass is 419 g/mol. The molecule has 0 radical (unpaired) electrons. The third kappa shape index (κ3) is 4.26. The number of benzene rings is 2. The third-order valence-corrected chi connectivity index (χ3v) is 5.67. The Morgan fingerprint density at radius 2 is 1.87 bits per heavy atom. The molecule has 1 unspecified atom stereocenters. The fraction of sp³-hybridized carbons (Fsp3) is 0.174. The number of anilines is 1. The zero-order valence-corrected chi connectivity index (χ0v) is 17.7. The number of aryl methyl sites for hydroxylation is 1. The maximum absolute atomic E-state index is 12.6. The number of hydrogen-bond donors (Lipinski definition) is 1. The van der Waals surface area contributed by atoms with Gasteiger partial charge < -0.3 is 14.8 Å². The van der Waals surface area contributed by atoms with Gasteiger partial charge in [-0.3, -0.25) is 4.79 Å². The Hall–Kier alpha value is -3.45. The quantitative estimate of drug-likeness (QED) is 0.472. The van der Waals surface area contributed by atoms with Crippen molar-refractivity contribution in [3.8, 4) is 22.1 Å². The minimum absolute atomic E-state index is 0.217. The summed E-state index contributed by atoms with van der Waals surface area (Å²) < 4.78 is 10.9. The summed E-state index contributed by atoms with van der Waals surface area (Å²) in [5.74, 6) is 1.12. The molecule has 0 saturated carbocycles. The van der Waals surface area contributed by atoms with Crippen molar-refractivity contribution >= 4 is 33.3 Å². The number of amides is 1. The van der Waals surface area contributed by atoms with Crippen LogP contribution in [0.2, 0.25) is 0 Å². The fourth-order valence-electron chi connectivity index (χ4n) is 2.98. The van der Waals surface area contributed by atoms with Crippen LogP contribution in [0.15, 0.2) is 60.8 Å². The first-order chi connectivity index (χ1) is 14.5. The zero-order chi connectivity index (χ0) is 21.1. The van der Waals surface area contributed by atoms with Gasteiger partial charge in [-0.25, -0.2) is 9.97 Å². The molecule has 152 valence electrons. The maximum Gasteiger partial charge on any atom is 0.265 e. The predicted octanol–water partition coefficient (Wildman–Crippen LogP) is 5.08. The summed E-state index contributed by atoms with van der Waals surface area (Å²) in [5, 5.41) is 3.84. The van der Waals surface area contributed by atoms with Gasteiger partial charge in [-0.15, -0.1) is 0 Å². The molecular formula is C23H21N3O3S. The highest BCUT2D eigenvalue weighted by molar-refractivity contribution is 7.21. The average Bonchev–Trinajstić information content (AvgIpc) is 3.20. The Labute approximate surface area is 178 Å². The van der Waals surface area contributed by atoms with E-state index in [1.54, 1.807) is 55.8 Å². The highest BCUT2D eigenvalue weighted by atomic mass is 32.1. The lowest BCUT2D eigenvalue weighted by Gasteiger charge is -2.16. The fourth-order valence-corrected chi connectivity index (χ4v) is 3.88. The van der Waals surface area contributed by atoms with Gasteiger partial charge in [-0.2, -0.15) is 0 Å². The molecule has 0 aliphatic carbocycles. The highest BCUT2D eigenvalue weighted by Gasteiger charge is 2.16. The van der Waals surface area contributed by atoms with Gasteiger partial charge in [0.05, 0.1) is 7.11 Å². The molecule has 6 nitrogen and oxygen atoms in total. The molecule has 1 atom stereocenters. The standard InChI is InChI=1S/C23H21N3O3S/c1-14-13-16(22-26-20-5-4-12-24-23(20)30-22)6-11-19(14)25-21(27)15(2)29-18-9-7-17(28-3)8-10-18/h4-13,15H,1-3H3,(H,25,27). The van der Waals surface area contributed by atoms with Gasteiger partial charge in [0.2, 0.25) is 0 Å². The van der Waals surface area contributed by atoms with Crippen LogP contribution in [0.4, 0.5) is 5.69 Å². The number of nitrogens with one attached hydrogen (secondary N) is 1. The molecule has 0 spiro atoms. The summed E-state index contributed by atoms with van der Waals surface area (Å²) in [6.07, 6.45) is 1.12. The number of thiazole rings is 1. The third-order valence-electron chi connectivity index (χ3n) is 4.64. The average molecular weight is 420 g/mol. The lowest BCUT2D eigenvalue weighted by atomic mass is 10.1. The zero-order valence-electron chi connectivity index (χ0n) is 16.9. The Bertz CT molecular complexity index is 1160. The van der Waals surface area contributed by atoms with Gasteiger partial charge in [-0.05, 0) is 74.0 Å². The summed E-state index contributed by atoms with van der Waals surface area (Å²) >= 11 is 1.55. The molecular weight excluding hydrogens is 398 g/mol. The van der Waals surface area contributed by atoms with E-state index < -0.39 is 6.10 Å². The van der Waals surface area contributed by atoms with Crippen LogP contribution in [0.1, 0.15) is 12.5 Å². The number of fused-ring (bicyclic) bond motifs is 1. The minimum Gasteiger partial charge on any atom is -0.497 e. The number of hydrogen-bond acceptors (Lipinski definition) is 6. The van der Waals surface area contributed by atoms with Crippen molar-refractivity contribution in [1.29, 1.82) is 0 Å². The van der Waals surface area contributed by atoms with Crippen LogP contribution in [0.5, 0.6) is 11.5 Å². The number of pyridine rings is 1. The highest BCUT2D eigenvalue weighted by Crippen LogP contribution is 2.31. The van der Waals surface area contributed by atoms with Crippen LogP contribution in [-0.4, -0.2) is 29.1 Å². The Morgan fingerprint density at radius 3 is 2.57 bits per heavy atom. The number of carbonyl (C=O) groups is 1. The van der Waals surface area contributed by atoms with Crippen molar-refractivity contribution in [1.82, 2.24) is 9.97 Å². The van der Waals surface area contributed by atoms with Crippen molar-refractivity contribution in [3.63, 3.8) is 0 Å². The first-order valence-corrected chi connectivity index (χ1v) is 10.3. The molecule has 2 aromatic carbocycles. The van der Waals surface area contributed by atoms with E-state index in [0.29, 0.717) is 5.75 Å². The molecule has 0 saturated heterocycles. The van der Waals surface area contributed by atoms with Gasteiger partial charge >= 0.3 is 0 Å². The SMILES string of the molecule is COc1ccc(OC(C)C(=O)Nc2ccc(-c3nc4cccnc4s3)cc2C)cc1. The molecule has 0 bridgehead atoms. The summed E-state index contributed by atoms with van der Waals surface area (Å²) in [5.41, 5.74) is 3.57. The van der Waals surface area contributed by atoms with Gasteiger partial charge in [0.1, 0.15) is 26.9 Å². The number of methoxy groups -OCH3 is 1. The summed E-state index contributed by atoms with van der Waals surface area (Å²) in [4.78, 5) is 22.5. The van der Waals surface area contributed by atoms with E-state index in [2.05, 4.69) is 15.3 Å². The van der Waals surface area contributed by atoms with Crippen LogP contribution in [0.3, 0.4) is 0 Å². The summed E-state index contributed by atoms with van der Waals surface area (Å²) in [7, 11) is 1.60. The Morgan fingerprint density at radius 1 is 1.10 bits per heavy atom. The lowest BCUT2D eigenvalue weighted by Crippen LogP contribution is -2.30. The molecule has 2 heterocycles. The maximum atomic E-state index is 12.6. The first kappa shape index (κ1) is 19.8. The van der Waals surface area contributed by atoms with Crippen LogP contribution in [0, 0.1) is 6.92 Å². The van der Waals surface area contributed by atoms with Gasteiger partial charge in [0.15, 0.2) is 6.10 Å². The molecule has 1 amide bonds. The second-order valence-corrected chi connectivity index (χ2v) is 7.78. The summed E-state index contributed by atoms with van der Waals surface area (Å²) in [6.45, 7) is 3.68. The van der Waals surface area contributed by atoms with Crippen LogP contribution < -0.4 is 14.8 Å². The normalized spacial score (nSPS) is 11.8. The van der Waals surface area contributed by atoms with E-state index in [4.69, 9.17) is 9.47 Å². The molecule has 7 heteroatoms. The first-order valence-electron chi connectivity index (χ1n) is 9.47. The minimum atomic E-state index is -0.646. The van der Waals surface area contributed by atoms with E-state index in [0.717, 1.165) is 37.9 Å². The van der Waals surface area contributed by atoms with Crippen LogP contribution >= 0.6 is 11.3 Å². The van der Waals surface area contributed by atoms with Crippen molar-refractivity contribution in [2.45, 2.75) is 20.0 Å². The molecule has 0 fully saturated rings. The molecule has 0 aliphatic heterocycles. The van der Waals surface area contributed by atoms with E-state index >= 15 is 0 Å². The molecule has 4 aromatic rings. The molecule has 2 aromatic heterocycles. The van der Waals surface area contributed by atoms with Crippen molar-refractivity contribution in [2.24, 2.45) is 0 Å². The predicted molar refractivity (Wildman–Crippen MR) is 119 cm³/mol. The number of nitrogens with zero attached hydrogens (tertiary/aromatic N) is 2. The molecule has 0 aliphatic rings. The van der Waals surface area contributed by atoms with Crippen molar-refractivity contribution < 1.29 is 14.3 Å². The number of carbonyl (C=O) groups excluding carboxylic acids is 1. The lowest BCUT2D eigenvalue weighted by molar-refractivity contribution is -0.122. The van der Waals surface area contributed by atoms with E-state index in [9.17, 15) is 4.79 Å². The smallest absolute Gasteiger partial charge is 0.265 e. The van der Waals surface area contributed by atoms with Gasteiger partial charge in [-0.1, -0.05) is 11.3 Å². The number of aromatic nitrogens is 2. The van der Waals surface area contributed by atoms with Crippen molar-refractivity contribution in [3.05, 3.63) is 66.4 Å². The van der Waals surface area contributed by atoms with E-state index in [1.807, 2.05) is 37.3 Å². The van der Waals surface area contributed by atoms with E-state index in [1.165, 1.54) is 0 Å². The van der Waals surface area contributed by atoms with Crippen molar-refractivity contribution in [2.75, 3.05) is 12.4 Å². The van der Waals surface area contributed by atoms with Gasteiger partial charge in [0.25, 0.3) is 5.91 Å². The second kappa shape index (κ2) is 8.51. The number of ether oxygens (including phenoxy) is 2. The topological polar surface area (TPSA) is 73.3 Å². The molecule has 30 heavy (non-hydrogen) atoms. The van der Waals surface area contributed by atoms with Gasteiger partial charge in [0, 0.05) is 17.4 Å².